The van der Waals surface area contributed by atoms with E-state index in [1.54, 1.807) is 19.9 Å². The molecule has 10 heteroatoms. The maximum atomic E-state index is 13.6. The van der Waals surface area contributed by atoms with Gasteiger partial charge in [0.05, 0.1) is 16.7 Å². The molecule has 1 amide bonds. The normalized spacial score (nSPS) is 11.1. The summed E-state index contributed by atoms with van der Waals surface area (Å²) in [5.74, 6) is -2.40. The highest BCUT2D eigenvalue weighted by Gasteiger charge is 2.16. The highest BCUT2D eigenvalue weighted by Crippen LogP contribution is 2.31. The van der Waals surface area contributed by atoms with Crippen molar-refractivity contribution in [3.63, 3.8) is 0 Å². The second-order valence-corrected chi connectivity index (χ2v) is 7.95. The lowest BCUT2D eigenvalue weighted by atomic mass is 10.1. The molecule has 2 aromatic carbocycles. The quantitative estimate of drug-likeness (QED) is 0.471. The largest absolute Gasteiger partial charge is 0.316 e. The van der Waals surface area contributed by atoms with Gasteiger partial charge in [-0.25, -0.2) is 13.8 Å². The van der Waals surface area contributed by atoms with Crippen LogP contribution in [0.2, 0.25) is 0 Å². The number of aromatic amines is 1. The van der Waals surface area contributed by atoms with Gasteiger partial charge in [0.1, 0.15) is 0 Å². The summed E-state index contributed by atoms with van der Waals surface area (Å²) in [4.78, 5) is 44.0. The molecule has 0 bridgehead atoms. The number of nitrogens with one attached hydrogen (secondary N) is 2. The Morgan fingerprint density at radius 3 is 2.65 bits per heavy atom. The first-order valence-corrected chi connectivity index (χ1v) is 10.1. The van der Waals surface area contributed by atoms with E-state index in [9.17, 15) is 23.2 Å². The van der Waals surface area contributed by atoms with Crippen molar-refractivity contribution >= 4 is 33.4 Å². The van der Waals surface area contributed by atoms with Crippen molar-refractivity contribution in [3.8, 4) is 11.3 Å². The molecule has 4 aromatic rings. The van der Waals surface area contributed by atoms with Crippen molar-refractivity contribution in [2.45, 2.75) is 20.4 Å². The number of anilines is 1. The van der Waals surface area contributed by atoms with E-state index in [0.29, 0.717) is 28.8 Å². The highest BCUT2D eigenvalue weighted by molar-refractivity contribution is 7.16. The minimum atomic E-state index is -0.980. The van der Waals surface area contributed by atoms with Crippen molar-refractivity contribution in [3.05, 3.63) is 79.2 Å². The summed E-state index contributed by atoms with van der Waals surface area (Å²) in [5, 5.41) is 2.96. The molecule has 7 nitrogen and oxygen atoms in total. The smallest absolute Gasteiger partial charge is 0.316 e. The molecular formula is C21H16F2N4O3S. The molecule has 0 aliphatic heterocycles. The molecule has 31 heavy (non-hydrogen) atoms. The molecule has 2 N–H and O–H groups in total. The van der Waals surface area contributed by atoms with Gasteiger partial charge < -0.3 is 9.55 Å². The minimum Gasteiger partial charge on any atom is -0.316 e. The van der Waals surface area contributed by atoms with E-state index in [4.69, 9.17) is 0 Å². The fourth-order valence-electron chi connectivity index (χ4n) is 3.26. The van der Waals surface area contributed by atoms with E-state index in [1.165, 1.54) is 34.1 Å². The van der Waals surface area contributed by atoms with Crippen LogP contribution in [-0.2, 0) is 6.54 Å². The van der Waals surface area contributed by atoms with Crippen molar-refractivity contribution in [1.29, 1.82) is 0 Å². The average molecular weight is 442 g/mol. The Kier molecular flexibility index (Phi) is 5.24. The molecule has 2 aromatic heterocycles. The van der Waals surface area contributed by atoms with Crippen molar-refractivity contribution in [1.82, 2.24) is 14.5 Å². The molecule has 0 atom stereocenters. The molecule has 0 fully saturated rings. The first-order valence-electron chi connectivity index (χ1n) is 9.29. The van der Waals surface area contributed by atoms with Crippen LogP contribution in [0.1, 0.15) is 22.2 Å². The Bertz CT molecular complexity index is 1460. The fraction of sp³-hybridized carbons (Fsp3) is 0.143. The second-order valence-electron chi connectivity index (χ2n) is 6.74. The van der Waals surface area contributed by atoms with Crippen LogP contribution < -0.4 is 16.4 Å². The van der Waals surface area contributed by atoms with Crippen LogP contribution in [0.15, 0.2) is 46.0 Å². The molecule has 0 aliphatic rings. The maximum Gasteiger partial charge on any atom is 0.316 e. The Labute approximate surface area is 178 Å². The summed E-state index contributed by atoms with van der Waals surface area (Å²) in [6, 6.07) is 8.10. The molecule has 0 radical (unpaired) electrons. The summed E-state index contributed by atoms with van der Waals surface area (Å²) >= 11 is 1.19. The zero-order valence-electron chi connectivity index (χ0n) is 16.5. The molecule has 0 saturated carbocycles. The van der Waals surface area contributed by atoms with Crippen molar-refractivity contribution in [2.24, 2.45) is 0 Å². The van der Waals surface area contributed by atoms with Gasteiger partial charge >= 0.3 is 11.1 Å². The van der Waals surface area contributed by atoms with Gasteiger partial charge in [-0.15, -0.1) is 11.3 Å². The zero-order valence-corrected chi connectivity index (χ0v) is 17.3. The predicted molar refractivity (Wildman–Crippen MR) is 115 cm³/mol. The monoisotopic (exact) mass is 442 g/mol. The molecule has 0 saturated heterocycles. The molecule has 158 valence electrons. The van der Waals surface area contributed by atoms with Gasteiger partial charge in [0.15, 0.2) is 16.8 Å². The van der Waals surface area contributed by atoms with Crippen LogP contribution in [0.5, 0.6) is 0 Å². The first kappa shape index (κ1) is 20.6. The van der Waals surface area contributed by atoms with Gasteiger partial charge in [-0.3, -0.25) is 19.7 Å². The van der Waals surface area contributed by atoms with Gasteiger partial charge in [0, 0.05) is 22.5 Å². The number of aromatic nitrogens is 3. The van der Waals surface area contributed by atoms with Crippen LogP contribution in [-0.4, -0.2) is 20.4 Å². The Morgan fingerprint density at radius 1 is 1.16 bits per heavy atom. The first-order chi connectivity index (χ1) is 14.8. The van der Waals surface area contributed by atoms with E-state index < -0.39 is 28.7 Å². The van der Waals surface area contributed by atoms with E-state index in [0.717, 1.165) is 17.0 Å². The van der Waals surface area contributed by atoms with Gasteiger partial charge in [-0.1, -0.05) is 0 Å². The SMILES string of the molecule is CCn1c(=O)c(=O)[nH]c2cc(C(=O)Nc3nc(-c4ccc(F)c(F)c4)c(C)s3)ccc21. The van der Waals surface area contributed by atoms with E-state index in [1.807, 2.05) is 0 Å². The zero-order chi connectivity index (χ0) is 22.3. The second kappa shape index (κ2) is 7.88. The maximum absolute atomic E-state index is 13.6. The summed E-state index contributed by atoms with van der Waals surface area (Å²) in [6.45, 7) is 3.82. The minimum absolute atomic E-state index is 0.256. The van der Waals surface area contributed by atoms with Gasteiger partial charge in [-0.05, 0) is 50.2 Å². The van der Waals surface area contributed by atoms with Crippen LogP contribution in [0.3, 0.4) is 0 Å². The number of carbonyl (C=O) groups excluding carboxylic acids is 1. The topological polar surface area (TPSA) is 96.9 Å². The lowest BCUT2D eigenvalue weighted by Crippen LogP contribution is -2.36. The predicted octanol–water partition coefficient (Wildman–Crippen LogP) is 3.67. The molecule has 0 spiro atoms. The molecule has 2 heterocycles. The van der Waals surface area contributed by atoms with Gasteiger partial charge in [0.25, 0.3) is 5.91 Å². The number of halogens is 2. The lowest BCUT2D eigenvalue weighted by Gasteiger charge is -2.08. The third-order valence-electron chi connectivity index (χ3n) is 4.76. The number of carbonyl (C=O) groups is 1. The van der Waals surface area contributed by atoms with E-state index in [2.05, 4.69) is 15.3 Å². The summed E-state index contributed by atoms with van der Waals surface area (Å²) in [6.07, 6.45) is 0. The lowest BCUT2D eigenvalue weighted by molar-refractivity contribution is 0.102. The number of hydrogen-bond acceptors (Lipinski definition) is 5. The fourth-order valence-corrected chi connectivity index (χ4v) is 4.10. The van der Waals surface area contributed by atoms with Crippen LogP contribution in [0, 0.1) is 18.6 Å². The van der Waals surface area contributed by atoms with Crippen LogP contribution in [0.25, 0.3) is 22.3 Å². The summed E-state index contributed by atoms with van der Waals surface area (Å²) in [5.41, 5.74) is 0.537. The number of rotatable bonds is 4. The number of benzene rings is 2. The summed E-state index contributed by atoms with van der Waals surface area (Å²) in [7, 11) is 0. The van der Waals surface area contributed by atoms with Crippen molar-refractivity contribution < 1.29 is 13.6 Å². The average Bonchev–Trinajstić information content (AvgIpc) is 3.10. The van der Waals surface area contributed by atoms with Gasteiger partial charge in [0.2, 0.25) is 0 Å². The number of nitrogens with zero attached hydrogens (tertiary/aromatic N) is 2. The number of aryl methyl sites for hydroxylation is 2. The molecule has 0 aliphatic carbocycles. The van der Waals surface area contributed by atoms with Crippen LogP contribution in [0.4, 0.5) is 13.9 Å². The number of amides is 1. The van der Waals surface area contributed by atoms with E-state index in [-0.39, 0.29) is 10.7 Å². The Balaban J connectivity index is 1.65. The highest BCUT2D eigenvalue weighted by atomic mass is 32.1. The number of H-pyrrole nitrogens is 1. The number of hydrogen-bond donors (Lipinski definition) is 2. The number of fused-ring (bicyclic) bond motifs is 1. The Morgan fingerprint density at radius 2 is 1.94 bits per heavy atom. The van der Waals surface area contributed by atoms with E-state index >= 15 is 0 Å². The third-order valence-corrected chi connectivity index (χ3v) is 5.65. The Hall–Kier alpha value is -3.66. The van der Waals surface area contributed by atoms with Crippen LogP contribution >= 0.6 is 11.3 Å². The third kappa shape index (κ3) is 3.77. The molecule has 4 rings (SSSR count). The summed E-state index contributed by atoms with van der Waals surface area (Å²) < 4.78 is 28.1. The molecular weight excluding hydrogens is 426 g/mol. The van der Waals surface area contributed by atoms with Gasteiger partial charge in [-0.2, -0.15) is 0 Å². The molecule has 0 unspecified atom stereocenters. The number of thiazole rings is 1. The standard InChI is InChI=1S/C21H16F2N4O3S/c1-3-27-16-7-5-12(9-15(16)24-19(29)20(27)30)18(28)26-21-25-17(10(2)31-21)11-4-6-13(22)14(23)8-11/h4-9H,3H2,1-2H3,(H,24,29)(H,25,26,28). The van der Waals surface area contributed by atoms with Crippen molar-refractivity contribution in [2.75, 3.05) is 5.32 Å².